The maximum absolute atomic E-state index is 5.43. The van der Waals surface area contributed by atoms with Gasteiger partial charge in [-0.1, -0.05) is 0 Å². The molecule has 0 nitrogen and oxygen atoms in total. The molecule has 24 heavy (non-hydrogen) atoms. The van der Waals surface area contributed by atoms with Crippen LogP contribution < -0.4 is 0 Å². The summed E-state index contributed by atoms with van der Waals surface area (Å²) in [6.45, 7) is 6.65. The largest absolute Gasteiger partial charge is 0.245 e. The molecular formula is C20H32Cl2HfSi. The minimum Gasteiger partial charge on any atom is -0.146 e. The number of hydrogen-bond acceptors (Lipinski definition) is 0. The molecule has 0 heterocycles. The van der Waals surface area contributed by atoms with Crippen LogP contribution in [0.2, 0.25) is 13.1 Å². The molecule has 0 aromatic heterocycles. The van der Waals surface area contributed by atoms with E-state index >= 15 is 0 Å². The first-order valence-electron chi connectivity index (χ1n) is 9.27. The average Bonchev–Trinajstić information content (AvgIpc) is 3.11. The average molecular weight is 550 g/mol. The summed E-state index contributed by atoms with van der Waals surface area (Å²) in [5.74, 6) is 0. The summed E-state index contributed by atoms with van der Waals surface area (Å²) in [5.41, 5.74) is 3.44. The van der Waals surface area contributed by atoms with E-state index in [-0.39, 0.29) is 0 Å². The second kappa shape index (κ2) is 12.1. The first kappa shape index (κ1) is 22.7. The van der Waals surface area contributed by atoms with Crippen molar-refractivity contribution in [3.05, 3.63) is 42.1 Å². The fourth-order valence-electron chi connectivity index (χ4n) is 2.75. The fraction of sp³-hybridized carbons (Fsp3) is 0.600. The molecule has 2 aliphatic rings. The standard InChI is InChI=1S/2C9H13.C2H6Cl2Si.Hf/c2*1-2-3-6-9-7-4-5-8-9;1-5(2,3)4;/h2*4,7H,2-3,5-6H2,1H3;1-2H3;. The van der Waals surface area contributed by atoms with E-state index in [1.807, 2.05) is 19.8 Å². The molecule has 0 N–H and O–H groups in total. The molecule has 0 radical (unpaired) electrons. The maximum Gasteiger partial charge on any atom is 0.245 e. The van der Waals surface area contributed by atoms with Crippen molar-refractivity contribution in [2.75, 3.05) is 0 Å². The Balaban J connectivity index is 0.000000505. The van der Waals surface area contributed by atoms with Gasteiger partial charge in [0.05, 0.1) is 0 Å². The van der Waals surface area contributed by atoms with Crippen LogP contribution in [0.5, 0.6) is 0 Å². The van der Waals surface area contributed by atoms with Crippen molar-refractivity contribution in [2.24, 2.45) is 0 Å². The minimum absolute atomic E-state index is 0.707. The minimum atomic E-state index is -1.67. The van der Waals surface area contributed by atoms with Crippen molar-refractivity contribution in [1.82, 2.24) is 0 Å². The Labute approximate surface area is 171 Å². The van der Waals surface area contributed by atoms with E-state index in [9.17, 15) is 0 Å². The number of rotatable bonds is 8. The number of halogens is 2. The maximum atomic E-state index is 5.43. The van der Waals surface area contributed by atoms with Crippen LogP contribution in [0.3, 0.4) is 0 Å². The zero-order valence-corrected chi connectivity index (χ0v) is 21.8. The van der Waals surface area contributed by atoms with E-state index in [4.69, 9.17) is 22.2 Å². The summed E-state index contributed by atoms with van der Waals surface area (Å²) in [4.78, 5) is 0. The van der Waals surface area contributed by atoms with Gasteiger partial charge >= 0.3 is 130 Å². The second-order valence-corrected chi connectivity index (χ2v) is 21.0. The Morgan fingerprint density at radius 3 is 1.58 bits per heavy atom. The van der Waals surface area contributed by atoms with Crippen LogP contribution >= 0.6 is 22.2 Å². The molecule has 0 aromatic carbocycles. The number of hydrogen-bond donors (Lipinski definition) is 0. The molecule has 0 atom stereocenters. The van der Waals surface area contributed by atoms with E-state index in [1.54, 1.807) is 11.1 Å². The van der Waals surface area contributed by atoms with E-state index in [2.05, 4.69) is 38.2 Å². The first-order valence-corrected chi connectivity index (χ1v) is 17.9. The summed E-state index contributed by atoms with van der Waals surface area (Å²) in [6.07, 6.45) is 20.3. The molecule has 4 heteroatoms. The van der Waals surface area contributed by atoms with E-state index in [0.717, 1.165) is 0 Å². The van der Waals surface area contributed by atoms with Crippen molar-refractivity contribution >= 4 is 28.9 Å². The van der Waals surface area contributed by atoms with Gasteiger partial charge in [0.25, 0.3) is 0 Å². The molecular weight excluding hydrogens is 518 g/mol. The summed E-state index contributed by atoms with van der Waals surface area (Å²) in [5, 5.41) is 0. The first-order chi connectivity index (χ1) is 11.3. The molecule has 0 bridgehead atoms. The molecule has 0 aliphatic heterocycles. The third-order valence-corrected chi connectivity index (χ3v) is 9.90. The van der Waals surface area contributed by atoms with Crippen LogP contribution in [-0.2, 0) is 22.9 Å². The molecule has 0 aromatic rings. The zero-order valence-electron chi connectivity index (χ0n) is 15.7. The Morgan fingerprint density at radius 1 is 0.875 bits per heavy atom. The van der Waals surface area contributed by atoms with Crippen LogP contribution in [0, 0.1) is 0 Å². The van der Waals surface area contributed by atoms with E-state index in [1.165, 1.54) is 51.4 Å². The van der Waals surface area contributed by atoms with Crippen molar-refractivity contribution in [1.29, 1.82) is 0 Å². The van der Waals surface area contributed by atoms with Gasteiger partial charge in [0.15, 0.2) is 0 Å². The second-order valence-electron chi connectivity index (χ2n) is 6.88. The molecule has 134 valence electrons. The van der Waals surface area contributed by atoms with Gasteiger partial charge in [-0.05, 0) is 13.1 Å². The molecule has 2 aliphatic carbocycles. The van der Waals surface area contributed by atoms with Crippen LogP contribution in [0.25, 0.3) is 0 Å². The van der Waals surface area contributed by atoms with Crippen molar-refractivity contribution in [3.8, 4) is 0 Å². The van der Waals surface area contributed by atoms with Gasteiger partial charge < -0.3 is 0 Å². The van der Waals surface area contributed by atoms with Crippen LogP contribution in [0.15, 0.2) is 42.1 Å². The smallest absolute Gasteiger partial charge is 0.146 e. The quantitative estimate of drug-likeness (QED) is 0.212. The van der Waals surface area contributed by atoms with Crippen LogP contribution in [-0.4, -0.2) is 6.69 Å². The van der Waals surface area contributed by atoms with E-state index in [0.29, 0.717) is 0 Å². The van der Waals surface area contributed by atoms with Crippen molar-refractivity contribution in [3.63, 3.8) is 0 Å². The Hall–Kier alpha value is 0.627. The molecule has 0 fully saturated rings. The predicted molar refractivity (Wildman–Crippen MR) is 110 cm³/mol. The topological polar surface area (TPSA) is 0 Å². The normalized spacial score (nSPS) is 16.8. The SMILES string of the molecule is CCCCC1=[C]([Hf][C]2=C(CCCC)C=CC2)CC=C1.C[Si](C)(Cl)Cl. The van der Waals surface area contributed by atoms with Gasteiger partial charge in [-0.3, -0.25) is 0 Å². The van der Waals surface area contributed by atoms with Crippen LogP contribution in [0.4, 0.5) is 0 Å². The van der Waals surface area contributed by atoms with Gasteiger partial charge in [-0.15, -0.1) is 22.2 Å². The molecule has 0 amide bonds. The van der Waals surface area contributed by atoms with Crippen molar-refractivity contribution in [2.45, 2.75) is 78.3 Å². The fourth-order valence-corrected chi connectivity index (χ4v) is 8.29. The predicted octanol–water partition coefficient (Wildman–Crippen LogP) is 8.04. The van der Waals surface area contributed by atoms with Gasteiger partial charge in [0.1, 0.15) is 0 Å². The van der Waals surface area contributed by atoms with Gasteiger partial charge in [0, 0.05) is 0 Å². The summed E-state index contributed by atoms with van der Waals surface area (Å²) >= 11 is 10.2. The Kier molecular flexibility index (Phi) is 11.4. The van der Waals surface area contributed by atoms with Crippen LogP contribution in [0.1, 0.15) is 65.2 Å². The molecule has 0 saturated carbocycles. The Morgan fingerprint density at radius 2 is 1.25 bits per heavy atom. The van der Waals surface area contributed by atoms with Gasteiger partial charge in [-0.2, -0.15) is 0 Å². The molecule has 2 rings (SSSR count). The van der Waals surface area contributed by atoms with Gasteiger partial charge in [-0.25, -0.2) is 0 Å². The zero-order chi connectivity index (χ0) is 18.0. The molecule has 0 unspecified atom stereocenters. The summed E-state index contributed by atoms with van der Waals surface area (Å²) in [7, 11) is 0. The molecule has 0 spiro atoms. The summed E-state index contributed by atoms with van der Waals surface area (Å²) < 4.78 is 3.78. The number of unbranched alkanes of at least 4 members (excludes halogenated alkanes) is 2. The van der Waals surface area contributed by atoms with Crippen molar-refractivity contribution < 1.29 is 22.9 Å². The third-order valence-electron chi connectivity index (χ3n) is 3.96. The number of allylic oxidation sites excluding steroid dienone is 8. The van der Waals surface area contributed by atoms with E-state index < -0.39 is 29.6 Å². The van der Waals surface area contributed by atoms with Gasteiger partial charge in [0.2, 0.25) is 6.69 Å². The summed E-state index contributed by atoms with van der Waals surface area (Å²) in [6, 6.07) is 0. The monoisotopic (exact) mass is 550 g/mol. The Bertz CT molecular complexity index is 464. The third kappa shape index (κ3) is 9.94. The molecule has 0 saturated heterocycles.